The average molecular weight is 347 g/mol. The molecule has 0 bridgehead atoms. The number of anilines is 1. The van der Waals surface area contributed by atoms with Crippen molar-refractivity contribution < 1.29 is 4.79 Å². The van der Waals surface area contributed by atoms with Crippen molar-refractivity contribution in [1.29, 1.82) is 0 Å². The van der Waals surface area contributed by atoms with Crippen LogP contribution in [0, 0.1) is 6.92 Å². The Bertz CT molecular complexity index is 780. The van der Waals surface area contributed by atoms with Crippen molar-refractivity contribution in [3.05, 3.63) is 57.5 Å². The SMILES string of the molecule is Cc1nc2ccc(NC(=O)c3ccc(Br)cc3)cc2s1. The summed E-state index contributed by atoms with van der Waals surface area (Å²) in [6, 6.07) is 13.0. The van der Waals surface area contributed by atoms with E-state index in [1.807, 2.05) is 37.3 Å². The summed E-state index contributed by atoms with van der Waals surface area (Å²) in [6.45, 7) is 1.98. The molecule has 3 nitrogen and oxygen atoms in total. The molecule has 0 saturated heterocycles. The molecule has 0 aliphatic rings. The molecule has 1 aromatic heterocycles. The van der Waals surface area contributed by atoms with Crippen LogP contribution in [-0.4, -0.2) is 10.9 Å². The molecule has 5 heteroatoms. The van der Waals surface area contributed by atoms with Crippen LogP contribution in [0.25, 0.3) is 10.2 Å². The van der Waals surface area contributed by atoms with Crippen LogP contribution in [0.4, 0.5) is 5.69 Å². The number of rotatable bonds is 2. The Balaban J connectivity index is 1.84. The number of hydrogen-bond donors (Lipinski definition) is 1. The van der Waals surface area contributed by atoms with Gasteiger partial charge in [0.15, 0.2) is 0 Å². The van der Waals surface area contributed by atoms with Crippen LogP contribution in [-0.2, 0) is 0 Å². The van der Waals surface area contributed by atoms with E-state index in [1.54, 1.807) is 23.5 Å². The highest BCUT2D eigenvalue weighted by Gasteiger charge is 2.07. The molecule has 0 unspecified atom stereocenters. The maximum atomic E-state index is 12.1. The van der Waals surface area contributed by atoms with Crippen molar-refractivity contribution in [2.45, 2.75) is 6.92 Å². The predicted octanol–water partition coefficient (Wildman–Crippen LogP) is 4.62. The summed E-state index contributed by atoms with van der Waals surface area (Å²) in [4.78, 5) is 16.5. The number of fused-ring (bicyclic) bond motifs is 1. The van der Waals surface area contributed by atoms with E-state index >= 15 is 0 Å². The van der Waals surface area contributed by atoms with Gasteiger partial charge < -0.3 is 5.32 Å². The van der Waals surface area contributed by atoms with Crippen LogP contribution < -0.4 is 5.32 Å². The molecular weight excluding hydrogens is 336 g/mol. The number of nitrogens with one attached hydrogen (secondary N) is 1. The maximum absolute atomic E-state index is 12.1. The molecule has 0 aliphatic heterocycles. The number of thiazole rings is 1. The summed E-state index contributed by atoms with van der Waals surface area (Å²) in [7, 11) is 0. The molecule has 0 atom stereocenters. The van der Waals surface area contributed by atoms with Crippen molar-refractivity contribution in [1.82, 2.24) is 4.98 Å². The van der Waals surface area contributed by atoms with E-state index in [-0.39, 0.29) is 5.91 Å². The Morgan fingerprint density at radius 2 is 1.95 bits per heavy atom. The smallest absolute Gasteiger partial charge is 0.255 e. The molecule has 0 aliphatic carbocycles. The zero-order chi connectivity index (χ0) is 14.1. The minimum absolute atomic E-state index is 0.113. The molecule has 0 spiro atoms. The summed E-state index contributed by atoms with van der Waals surface area (Å²) < 4.78 is 2.03. The number of hydrogen-bond acceptors (Lipinski definition) is 3. The molecular formula is C15H11BrN2OS. The summed E-state index contributed by atoms with van der Waals surface area (Å²) in [6.07, 6.45) is 0. The Kier molecular flexibility index (Phi) is 3.54. The summed E-state index contributed by atoms with van der Waals surface area (Å²) in [5, 5.41) is 3.93. The second kappa shape index (κ2) is 5.34. The molecule has 3 aromatic rings. The number of nitrogens with zero attached hydrogens (tertiary/aromatic N) is 1. The van der Waals surface area contributed by atoms with Crippen LogP contribution >= 0.6 is 27.3 Å². The van der Waals surface area contributed by atoms with Gasteiger partial charge in [0, 0.05) is 15.7 Å². The lowest BCUT2D eigenvalue weighted by Crippen LogP contribution is -2.11. The van der Waals surface area contributed by atoms with E-state index in [9.17, 15) is 4.79 Å². The van der Waals surface area contributed by atoms with Crippen LogP contribution in [0.1, 0.15) is 15.4 Å². The first-order valence-electron chi connectivity index (χ1n) is 6.06. The molecule has 0 fully saturated rings. The van der Waals surface area contributed by atoms with Crippen LogP contribution in [0.3, 0.4) is 0 Å². The zero-order valence-electron chi connectivity index (χ0n) is 10.7. The number of carbonyl (C=O) groups is 1. The van der Waals surface area contributed by atoms with Gasteiger partial charge in [-0.1, -0.05) is 15.9 Å². The summed E-state index contributed by atoms with van der Waals surface area (Å²) >= 11 is 4.98. The first kappa shape index (κ1) is 13.3. The standard InChI is InChI=1S/C15H11BrN2OS/c1-9-17-13-7-6-12(8-14(13)20-9)18-15(19)10-2-4-11(16)5-3-10/h2-8H,1H3,(H,18,19). The van der Waals surface area contributed by atoms with Gasteiger partial charge in [0.2, 0.25) is 0 Å². The van der Waals surface area contributed by atoms with Crippen LogP contribution in [0.5, 0.6) is 0 Å². The number of carbonyl (C=O) groups excluding carboxylic acids is 1. The third-order valence-corrected chi connectivity index (χ3v) is 4.32. The monoisotopic (exact) mass is 346 g/mol. The number of amides is 1. The molecule has 20 heavy (non-hydrogen) atoms. The van der Waals surface area contributed by atoms with E-state index in [4.69, 9.17) is 0 Å². The lowest BCUT2D eigenvalue weighted by molar-refractivity contribution is 0.102. The normalized spacial score (nSPS) is 10.7. The van der Waals surface area contributed by atoms with Gasteiger partial charge in [0.1, 0.15) is 0 Å². The number of aromatic nitrogens is 1. The van der Waals surface area contributed by atoms with Gasteiger partial charge in [0.05, 0.1) is 15.2 Å². The molecule has 1 heterocycles. The number of benzene rings is 2. The molecule has 0 saturated carbocycles. The highest BCUT2D eigenvalue weighted by atomic mass is 79.9. The minimum atomic E-state index is -0.113. The first-order valence-corrected chi connectivity index (χ1v) is 7.67. The van der Waals surface area contributed by atoms with Crippen molar-refractivity contribution >= 4 is 49.1 Å². The van der Waals surface area contributed by atoms with Gasteiger partial charge in [-0.25, -0.2) is 4.98 Å². The van der Waals surface area contributed by atoms with Crippen molar-refractivity contribution in [3.63, 3.8) is 0 Å². The van der Waals surface area contributed by atoms with Crippen molar-refractivity contribution in [3.8, 4) is 0 Å². The third-order valence-electron chi connectivity index (χ3n) is 2.86. The third kappa shape index (κ3) is 2.73. The van der Waals surface area contributed by atoms with E-state index in [1.165, 1.54) is 0 Å². The van der Waals surface area contributed by atoms with Crippen LogP contribution in [0.15, 0.2) is 46.9 Å². The second-order valence-corrected chi connectivity index (χ2v) is 6.53. The highest BCUT2D eigenvalue weighted by Crippen LogP contribution is 2.25. The quantitative estimate of drug-likeness (QED) is 0.735. The van der Waals surface area contributed by atoms with Gasteiger partial charge in [-0.15, -0.1) is 11.3 Å². The minimum Gasteiger partial charge on any atom is -0.322 e. The topological polar surface area (TPSA) is 42.0 Å². The molecule has 2 aromatic carbocycles. The molecule has 3 rings (SSSR count). The fourth-order valence-electron chi connectivity index (χ4n) is 1.92. The Morgan fingerprint density at radius 1 is 1.20 bits per heavy atom. The van der Waals surface area contributed by atoms with Gasteiger partial charge in [-0.05, 0) is 49.4 Å². The molecule has 1 N–H and O–H groups in total. The van der Waals surface area contributed by atoms with E-state index < -0.39 is 0 Å². The van der Waals surface area contributed by atoms with Crippen molar-refractivity contribution in [2.75, 3.05) is 5.32 Å². The van der Waals surface area contributed by atoms with Gasteiger partial charge in [-0.2, -0.15) is 0 Å². The maximum Gasteiger partial charge on any atom is 0.255 e. The lowest BCUT2D eigenvalue weighted by Gasteiger charge is -2.05. The average Bonchev–Trinajstić information content (AvgIpc) is 2.78. The predicted molar refractivity (Wildman–Crippen MR) is 86.5 cm³/mol. The zero-order valence-corrected chi connectivity index (χ0v) is 13.1. The summed E-state index contributed by atoms with van der Waals surface area (Å²) in [5.41, 5.74) is 2.39. The number of halogens is 1. The van der Waals surface area contributed by atoms with Gasteiger partial charge in [-0.3, -0.25) is 4.79 Å². The molecule has 100 valence electrons. The highest BCUT2D eigenvalue weighted by molar-refractivity contribution is 9.10. The van der Waals surface area contributed by atoms with E-state index in [0.29, 0.717) is 5.56 Å². The van der Waals surface area contributed by atoms with E-state index in [2.05, 4.69) is 26.2 Å². The van der Waals surface area contributed by atoms with Gasteiger partial charge >= 0.3 is 0 Å². The van der Waals surface area contributed by atoms with Crippen LogP contribution in [0.2, 0.25) is 0 Å². The summed E-state index contributed by atoms with van der Waals surface area (Å²) in [5.74, 6) is -0.113. The Morgan fingerprint density at radius 3 is 2.70 bits per heavy atom. The lowest BCUT2D eigenvalue weighted by atomic mass is 10.2. The van der Waals surface area contributed by atoms with Crippen molar-refractivity contribution in [2.24, 2.45) is 0 Å². The Labute approximate surface area is 128 Å². The first-order chi connectivity index (χ1) is 9.61. The number of aryl methyl sites for hydroxylation is 1. The van der Waals surface area contributed by atoms with E-state index in [0.717, 1.165) is 25.4 Å². The Hall–Kier alpha value is -1.72. The molecule has 0 radical (unpaired) electrons. The largest absolute Gasteiger partial charge is 0.322 e. The second-order valence-electron chi connectivity index (χ2n) is 4.38. The fraction of sp³-hybridized carbons (Fsp3) is 0.0667. The van der Waals surface area contributed by atoms with Gasteiger partial charge in [0.25, 0.3) is 5.91 Å². The fourth-order valence-corrected chi connectivity index (χ4v) is 3.05. The molecule has 1 amide bonds.